The van der Waals surface area contributed by atoms with E-state index in [1.807, 2.05) is 50.2 Å². The van der Waals surface area contributed by atoms with E-state index in [0.717, 1.165) is 21.4 Å². The SMILES string of the molecule is Cc1ccc(Nc2cc(C)ccc2C#N)c(Br)c1. The Hall–Kier alpha value is -1.79. The monoisotopic (exact) mass is 300 g/mol. The standard InChI is InChI=1S/C15H13BrN2/c1-10-4-6-14(13(16)7-10)18-15-8-11(2)3-5-12(15)9-17/h3-8,18H,1-2H3. The summed E-state index contributed by atoms with van der Waals surface area (Å²) in [7, 11) is 0. The average molecular weight is 301 g/mol. The first kappa shape index (κ1) is 12.7. The molecule has 2 aromatic carbocycles. The van der Waals surface area contributed by atoms with Gasteiger partial charge in [-0.25, -0.2) is 0 Å². The molecule has 2 aromatic rings. The van der Waals surface area contributed by atoms with Crippen LogP contribution < -0.4 is 5.32 Å². The molecule has 0 fully saturated rings. The second-order valence-electron chi connectivity index (χ2n) is 4.27. The summed E-state index contributed by atoms with van der Waals surface area (Å²) in [6, 6.07) is 14.0. The van der Waals surface area contributed by atoms with Crippen LogP contribution in [0.1, 0.15) is 16.7 Å². The van der Waals surface area contributed by atoms with Crippen LogP contribution >= 0.6 is 15.9 Å². The van der Waals surface area contributed by atoms with E-state index in [9.17, 15) is 0 Å². The molecule has 0 aliphatic rings. The molecule has 0 atom stereocenters. The highest BCUT2D eigenvalue weighted by atomic mass is 79.9. The topological polar surface area (TPSA) is 35.8 Å². The van der Waals surface area contributed by atoms with Crippen molar-refractivity contribution in [2.24, 2.45) is 0 Å². The summed E-state index contributed by atoms with van der Waals surface area (Å²) < 4.78 is 0.993. The zero-order valence-corrected chi connectivity index (χ0v) is 11.9. The van der Waals surface area contributed by atoms with Crippen molar-refractivity contribution < 1.29 is 0 Å². The molecular formula is C15H13BrN2. The van der Waals surface area contributed by atoms with Gasteiger partial charge in [-0.2, -0.15) is 5.26 Å². The number of nitrogens with zero attached hydrogens (tertiary/aromatic N) is 1. The zero-order chi connectivity index (χ0) is 13.1. The van der Waals surface area contributed by atoms with Crippen LogP contribution in [0.5, 0.6) is 0 Å². The first-order valence-electron chi connectivity index (χ1n) is 5.64. The Morgan fingerprint density at radius 2 is 1.67 bits per heavy atom. The van der Waals surface area contributed by atoms with Gasteiger partial charge in [0.2, 0.25) is 0 Å². The number of anilines is 2. The summed E-state index contributed by atoms with van der Waals surface area (Å²) >= 11 is 3.52. The molecule has 0 unspecified atom stereocenters. The van der Waals surface area contributed by atoms with E-state index in [2.05, 4.69) is 27.3 Å². The first-order chi connectivity index (χ1) is 8.60. The Bertz CT molecular complexity index is 627. The summed E-state index contributed by atoms with van der Waals surface area (Å²) in [5.74, 6) is 0. The van der Waals surface area contributed by atoms with E-state index < -0.39 is 0 Å². The maximum atomic E-state index is 9.10. The molecule has 2 rings (SSSR count). The molecular weight excluding hydrogens is 288 g/mol. The molecule has 0 heterocycles. The van der Waals surface area contributed by atoms with Gasteiger partial charge in [0, 0.05) is 4.47 Å². The third-order valence-electron chi connectivity index (χ3n) is 2.69. The number of benzene rings is 2. The average Bonchev–Trinajstić information content (AvgIpc) is 2.33. The molecule has 0 amide bonds. The van der Waals surface area contributed by atoms with Gasteiger partial charge in [0.15, 0.2) is 0 Å². The molecule has 0 spiro atoms. The number of nitrogens with one attached hydrogen (secondary N) is 1. The molecule has 0 bridgehead atoms. The second kappa shape index (κ2) is 5.24. The van der Waals surface area contributed by atoms with Crippen molar-refractivity contribution in [3.63, 3.8) is 0 Å². The highest BCUT2D eigenvalue weighted by Gasteiger charge is 2.05. The van der Waals surface area contributed by atoms with Gasteiger partial charge < -0.3 is 5.32 Å². The lowest BCUT2D eigenvalue weighted by atomic mass is 10.1. The van der Waals surface area contributed by atoms with Crippen molar-refractivity contribution in [3.05, 3.63) is 57.6 Å². The maximum Gasteiger partial charge on any atom is 0.101 e. The van der Waals surface area contributed by atoms with Crippen molar-refractivity contribution in [2.45, 2.75) is 13.8 Å². The molecule has 90 valence electrons. The van der Waals surface area contributed by atoms with Gasteiger partial charge in [-0.1, -0.05) is 12.1 Å². The lowest BCUT2D eigenvalue weighted by Gasteiger charge is -2.11. The van der Waals surface area contributed by atoms with E-state index in [1.165, 1.54) is 5.56 Å². The Morgan fingerprint density at radius 3 is 2.33 bits per heavy atom. The maximum absolute atomic E-state index is 9.10. The van der Waals surface area contributed by atoms with Crippen LogP contribution in [-0.2, 0) is 0 Å². The fraction of sp³-hybridized carbons (Fsp3) is 0.133. The molecule has 18 heavy (non-hydrogen) atoms. The molecule has 0 aromatic heterocycles. The molecule has 0 aliphatic heterocycles. The van der Waals surface area contributed by atoms with Crippen molar-refractivity contribution in [2.75, 3.05) is 5.32 Å². The van der Waals surface area contributed by atoms with Gasteiger partial charge in [0.1, 0.15) is 6.07 Å². The molecule has 3 heteroatoms. The minimum absolute atomic E-state index is 0.646. The van der Waals surface area contributed by atoms with Crippen LogP contribution in [0.25, 0.3) is 0 Å². The van der Waals surface area contributed by atoms with E-state index in [0.29, 0.717) is 5.56 Å². The number of hydrogen-bond donors (Lipinski definition) is 1. The Balaban J connectivity index is 2.40. The van der Waals surface area contributed by atoms with Crippen molar-refractivity contribution in [3.8, 4) is 6.07 Å². The minimum Gasteiger partial charge on any atom is -0.354 e. The quantitative estimate of drug-likeness (QED) is 0.874. The lowest BCUT2D eigenvalue weighted by Crippen LogP contribution is -1.95. The smallest absolute Gasteiger partial charge is 0.101 e. The van der Waals surface area contributed by atoms with Crippen LogP contribution in [0.4, 0.5) is 11.4 Å². The summed E-state index contributed by atoms with van der Waals surface area (Å²) in [5.41, 5.74) is 4.76. The van der Waals surface area contributed by atoms with E-state index in [1.54, 1.807) is 0 Å². The highest BCUT2D eigenvalue weighted by molar-refractivity contribution is 9.10. The van der Waals surface area contributed by atoms with Crippen LogP contribution in [0.15, 0.2) is 40.9 Å². The second-order valence-corrected chi connectivity index (χ2v) is 5.12. The van der Waals surface area contributed by atoms with Gasteiger partial charge in [0.25, 0.3) is 0 Å². The van der Waals surface area contributed by atoms with E-state index >= 15 is 0 Å². The third-order valence-corrected chi connectivity index (χ3v) is 3.35. The highest BCUT2D eigenvalue weighted by Crippen LogP contribution is 2.28. The number of hydrogen-bond acceptors (Lipinski definition) is 2. The van der Waals surface area contributed by atoms with Crippen molar-refractivity contribution in [1.29, 1.82) is 5.26 Å². The zero-order valence-electron chi connectivity index (χ0n) is 10.3. The first-order valence-corrected chi connectivity index (χ1v) is 6.43. The van der Waals surface area contributed by atoms with Gasteiger partial charge in [0.05, 0.1) is 16.9 Å². The lowest BCUT2D eigenvalue weighted by molar-refractivity contribution is 1.39. The molecule has 0 saturated carbocycles. The third kappa shape index (κ3) is 2.72. The number of rotatable bonds is 2. The molecule has 0 radical (unpaired) electrons. The normalized spacial score (nSPS) is 9.89. The van der Waals surface area contributed by atoms with Gasteiger partial charge in [-0.05, 0) is 65.2 Å². The summed E-state index contributed by atoms with van der Waals surface area (Å²) in [4.78, 5) is 0. The number of aryl methyl sites for hydroxylation is 2. The largest absolute Gasteiger partial charge is 0.354 e. The minimum atomic E-state index is 0.646. The summed E-state index contributed by atoms with van der Waals surface area (Å²) in [5, 5.41) is 12.4. The molecule has 1 N–H and O–H groups in total. The molecule has 0 saturated heterocycles. The van der Waals surface area contributed by atoms with Crippen molar-refractivity contribution in [1.82, 2.24) is 0 Å². The fourth-order valence-electron chi connectivity index (χ4n) is 1.73. The summed E-state index contributed by atoms with van der Waals surface area (Å²) in [6.45, 7) is 4.05. The van der Waals surface area contributed by atoms with Crippen LogP contribution in [0, 0.1) is 25.2 Å². The summed E-state index contributed by atoms with van der Waals surface area (Å²) in [6.07, 6.45) is 0. The van der Waals surface area contributed by atoms with E-state index in [-0.39, 0.29) is 0 Å². The fourth-order valence-corrected chi connectivity index (χ4v) is 2.32. The van der Waals surface area contributed by atoms with Crippen LogP contribution in [-0.4, -0.2) is 0 Å². The predicted molar refractivity (Wildman–Crippen MR) is 78.1 cm³/mol. The predicted octanol–water partition coefficient (Wildman–Crippen LogP) is 4.68. The van der Waals surface area contributed by atoms with Crippen molar-refractivity contribution >= 4 is 27.3 Å². The Labute approximate surface area is 115 Å². The van der Waals surface area contributed by atoms with Crippen LogP contribution in [0.2, 0.25) is 0 Å². The number of nitriles is 1. The van der Waals surface area contributed by atoms with Gasteiger partial charge >= 0.3 is 0 Å². The molecule has 0 aliphatic carbocycles. The Morgan fingerprint density at radius 1 is 1.00 bits per heavy atom. The van der Waals surface area contributed by atoms with Crippen LogP contribution in [0.3, 0.4) is 0 Å². The Kier molecular flexibility index (Phi) is 3.69. The van der Waals surface area contributed by atoms with Gasteiger partial charge in [-0.3, -0.25) is 0 Å². The van der Waals surface area contributed by atoms with E-state index in [4.69, 9.17) is 5.26 Å². The van der Waals surface area contributed by atoms with Gasteiger partial charge in [-0.15, -0.1) is 0 Å². The number of halogens is 1. The molecule has 2 nitrogen and oxygen atoms in total.